The van der Waals surface area contributed by atoms with Gasteiger partial charge in [-0.3, -0.25) is 14.9 Å². The maximum absolute atomic E-state index is 12.7. The molecular weight excluding hydrogens is 350 g/mol. The minimum absolute atomic E-state index is 0.0159. The van der Waals surface area contributed by atoms with Crippen LogP contribution in [0.3, 0.4) is 0 Å². The van der Waals surface area contributed by atoms with Crippen molar-refractivity contribution in [1.29, 1.82) is 0 Å². The maximum atomic E-state index is 12.7. The highest BCUT2D eigenvalue weighted by Gasteiger charge is 2.30. The van der Waals surface area contributed by atoms with Gasteiger partial charge in [0.25, 0.3) is 11.6 Å². The number of nitrogens with zero attached hydrogens (tertiary/aromatic N) is 2. The Bertz CT molecular complexity index is 912. The number of ether oxygens (including phenoxy) is 1. The lowest BCUT2D eigenvalue weighted by Crippen LogP contribution is -2.39. The second kappa shape index (κ2) is 7.45. The highest BCUT2D eigenvalue weighted by atomic mass is 16.6. The Labute approximate surface area is 155 Å². The van der Waals surface area contributed by atoms with Gasteiger partial charge in [-0.25, -0.2) is 4.79 Å². The molecule has 1 N–H and O–H groups in total. The highest BCUT2D eigenvalue weighted by Crippen LogP contribution is 2.29. The zero-order valence-corrected chi connectivity index (χ0v) is 15.0. The largest absolute Gasteiger partial charge is 0.449 e. The lowest BCUT2D eigenvalue weighted by molar-refractivity contribution is -0.384. The summed E-state index contributed by atoms with van der Waals surface area (Å²) in [6.07, 6.45) is -0.257. The number of fused-ring (bicyclic) bond motifs is 1. The van der Waals surface area contributed by atoms with E-state index in [-0.39, 0.29) is 22.8 Å². The van der Waals surface area contributed by atoms with E-state index in [4.69, 9.17) is 4.74 Å². The van der Waals surface area contributed by atoms with Crippen molar-refractivity contribution in [2.24, 2.45) is 0 Å². The first kappa shape index (κ1) is 18.4. The molecule has 2 aromatic rings. The number of hydrogen-bond donors (Lipinski definition) is 1. The number of carbonyl (C=O) groups excluding carboxylic acids is 2. The Morgan fingerprint density at radius 2 is 2.00 bits per heavy atom. The third-order valence-corrected chi connectivity index (χ3v) is 4.48. The van der Waals surface area contributed by atoms with Crippen LogP contribution >= 0.6 is 0 Å². The van der Waals surface area contributed by atoms with E-state index in [2.05, 4.69) is 5.32 Å². The third-order valence-electron chi connectivity index (χ3n) is 4.48. The van der Waals surface area contributed by atoms with Gasteiger partial charge in [0.05, 0.1) is 10.5 Å². The van der Waals surface area contributed by atoms with Gasteiger partial charge in [-0.05, 0) is 37.1 Å². The van der Waals surface area contributed by atoms with E-state index < -0.39 is 17.0 Å². The molecule has 8 heteroatoms. The summed E-state index contributed by atoms with van der Waals surface area (Å²) >= 11 is 0. The fourth-order valence-corrected chi connectivity index (χ4v) is 3.09. The van der Waals surface area contributed by atoms with Gasteiger partial charge in [0.1, 0.15) is 5.69 Å². The van der Waals surface area contributed by atoms with Crippen LogP contribution in [0.5, 0.6) is 0 Å². The first-order valence-corrected chi connectivity index (χ1v) is 8.49. The second-order valence-corrected chi connectivity index (χ2v) is 6.16. The van der Waals surface area contributed by atoms with Gasteiger partial charge in [-0.2, -0.15) is 0 Å². The van der Waals surface area contributed by atoms with Crippen molar-refractivity contribution in [2.45, 2.75) is 19.4 Å². The predicted molar refractivity (Wildman–Crippen MR) is 100 cm³/mol. The van der Waals surface area contributed by atoms with Crippen LogP contribution in [0.2, 0.25) is 0 Å². The summed E-state index contributed by atoms with van der Waals surface area (Å²) in [5, 5.41) is 13.8. The maximum Gasteiger partial charge on any atom is 0.339 e. The molecule has 1 aliphatic rings. The fraction of sp³-hybridized carbons (Fsp3) is 0.263. The van der Waals surface area contributed by atoms with Gasteiger partial charge >= 0.3 is 5.97 Å². The molecule has 0 spiro atoms. The summed E-state index contributed by atoms with van der Waals surface area (Å²) in [4.78, 5) is 37.2. The molecule has 1 atom stereocenters. The van der Waals surface area contributed by atoms with E-state index in [1.54, 1.807) is 11.9 Å². The minimum atomic E-state index is -1.01. The molecule has 1 amide bonds. The molecule has 0 bridgehead atoms. The van der Waals surface area contributed by atoms with Crippen LogP contribution in [-0.4, -0.2) is 36.5 Å². The molecule has 0 radical (unpaired) electrons. The van der Waals surface area contributed by atoms with E-state index in [1.807, 2.05) is 24.3 Å². The topological polar surface area (TPSA) is 102 Å². The molecule has 0 aliphatic carbocycles. The molecule has 1 aliphatic heterocycles. The predicted octanol–water partition coefficient (Wildman–Crippen LogP) is 2.77. The number of esters is 1. The van der Waals surface area contributed by atoms with Gasteiger partial charge in [0.2, 0.25) is 0 Å². The summed E-state index contributed by atoms with van der Waals surface area (Å²) in [5.41, 5.74) is 1.96. The lowest BCUT2D eigenvalue weighted by Gasteiger charge is -2.21. The summed E-state index contributed by atoms with van der Waals surface area (Å²) in [6.45, 7) is 2.03. The smallest absolute Gasteiger partial charge is 0.339 e. The van der Waals surface area contributed by atoms with E-state index in [0.717, 1.165) is 23.7 Å². The molecule has 0 saturated carbocycles. The van der Waals surface area contributed by atoms with Crippen molar-refractivity contribution >= 4 is 28.9 Å². The zero-order chi connectivity index (χ0) is 19.6. The van der Waals surface area contributed by atoms with Gasteiger partial charge in [-0.15, -0.1) is 0 Å². The van der Waals surface area contributed by atoms with Crippen molar-refractivity contribution in [3.05, 3.63) is 63.7 Å². The SMILES string of the molecule is CNc1ccc(C(=O)O[C@@H](C)C(=O)N2CCc3ccccc32)cc1[N+](=O)[O-]. The molecule has 27 heavy (non-hydrogen) atoms. The minimum Gasteiger partial charge on any atom is -0.449 e. The van der Waals surface area contributed by atoms with Gasteiger partial charge in [-0.1, -0.05) is 18.2 Å². The molecule has 2 aromatic carbocycles. The number of benzene rings is 2. The van der Waals surface area contributed by atoms with Crippen LogP contribution in [0, 0.1) is 10.1 Å². The molecule has 0 fully saturated rings. The zero-order valence-electron chi connectivity index (χ0n) is 15.0. The third kappa shape index (κ3) is 3.59. The van der Waals surface area contributed by atoms with E-state index in [1.165, 1.54) is 19.1 Å². The second-order valence-electron chi connectivity index (χ2n) is 6.16. The number of carbonyl (C=O) groups is 2. The number of anilines is 2. The van der Waals surface area contributed by atoms with E-state index >= 15 is 0 Å². The van der Waals surface area contributed by atoms with Crippen LogP contribution in [-0.2, 0) is 16.0 Å². The number of rotatable bonds is 5. The fourth-order valence-electron chi connectivity index (χ4n) is 3.09. The van der Waals surface area contributed by atoms with Crippen LogP contribution in [0.15, 0.2) is 42.5 Å². The molecule has 140 valence electrons. The average Bonchev–Trinajstić information content (AvgIpc) is 3.10. The van der Waals surface area contributed by atoms with Crippen LogP contribution in [0.4, 0.5) is 17.1 Å². The summed E-state index contributed by atoms with van der Waals surface area (Å²) < 4.78 is 5.26. The molecule has 0 unspecified atom stereocenters. The van der Waals surface area contributed by atoms with Crippen molar-refractivity contribution in [1.82, 2.24) is 0 Å². The molecular formula is C19H19N3O5. The van der Waals surface area contributed by atoms with E-state index in [9.17, 15) is 19.7 Å². The Hall–Kier alpha value is -3.42. The molecule has 1 heterocycles. The Balaban J connectivity index is 1.74. The number of para-hydroxylation sites is 1. The number of nitro groups is 1. The summed E-state index contributed by atoms with van der Waals surface area (Å²) in [5.74, 6) is -1.11. The molecule has 0 aromatic heterocycles. The normalized spacial score (nSPS) is 13.6. The number of hydrogen-bond acceptors (Lipinski definition) is 6. The quantitative estimate of drug-likeness (QED) is 0.494. The first-order chi connectivity index (χ1) is 12.9. The molecule has 3 rings (SSSR count). The summed E-state index contributed by atoms with van der Waals surface area (Å²) in [7, 11) is 1.55. The van der Waals surface area contributed by atoms with Crippen LogP contribution in [0.25, 0.3) is 0 Å². The lowest BCUT2D eigenvalue weighted by atomic mass is 10.1. The Kier molecular flexibility index (Phi) is 5.07. The number of nitrogens with one attached hydrogen (secondary N) is 1. The van der Waals surface area contributed by atoms with Crippen LogP contribution < -0.4 is 10.2 Å². The van der Waals surface area contributed by atoms with Crippen molar-refractivity contribution in [3.63, 3.8) is 0 Å². The van der Waals surface area contributed by atoms with Crippen molar-refractivity contribution in [2.75, 3.05) is 23.8 Å². The number of nitro benzene ring substituents is 1. The highest BCUT2D eigenvalue weighted by molar-refractivity contribution is 6.00. The Morgan fingerprint density at radius 3 is 2.70 bits per heavy atom. The van der Waals surface area contributed by atoms with Crippen LogP contribution in [0.1, 0.15) is 22.8 Å². The summed E-state index contributed by atoms with van der Waals surface area (Å²) in [6, 6.07) is 11.6. The average molecular weight is 369 g/mol. The van der Waals surface area contributed by atoms with Crippen molar-refractivity contribution in [3.8, 4) is 0 Å². The first-order valence-electron chi connectivity index (χ1n) is 8.49. The Morgan fingerprint density at radius 1 is 1.26 bits per heavy atom. The van der Waals surface area contributed by atoms with Crippen molar-refractivity contribution < 1.29 is 19.2 Å². The van der Waals surface area contributed by atoms with E-state index in [0.29, 0.717) is 6.54 Å². The molecule has 0 saturated heterocycles. The number of amides is 1. The van der Waals surface area contributed by atoms with Gasteiger partial charge in [0.15, 0.2) is 6.10 Å². The molecule has 8 nitrogen and oxygen atoms in total. The van der Waals surface area contributed by atoms with Gasteiger partial charge in [0, 0.05) is 25.3 Å². The van der Waals surface area contributed by atoms with Gasteiger partial charge < -0.3 is 15.0 Å². The standard InChI is InChI=1S/C19H19N3O5/c1-12(18(23)21-10-9-13-5-3-4-6-16(13)21)27-19(24)14-7-8-15(20-2)17(11-14)22(25)26/h3-8,11-12,20H,9-10H2,1-2H3/t12-/m0/s1. The monoisotopic (exact) mass is 369 g/mol.